The molecule has 35 heavy (non-hydrogen) atoms. The molecule has 0 aliphatic carbocycles. The minimum absolute atomic E-state index is 0.0414. The van der Waals surface area contributed by atoms with Crippen molar-refractivity contribution in [3.8, 4) is 11.3 Å². The minimum Gasteiger partial charge on any atom is -0.481 e. The van der Waals surface area contributed by atoms with E-state index in [1.54, 1.807) is 5.38 Å². The third kappa shape index (κ3) is 7.73. The maximum Gasteiger partial charge on any atom is 0.303 e. The van der Waals surface area contributed by atoms with Gasteiger partial charge in [0.05, 0.1) is 24.1 Å². The number of amides is 2. The molecule has 2 amide bonds. The maximum absolute atomic E-state index is 12.9. The lowest BCUT2D eigenvalue weighted by atomic mass is 10.2. The summed E-state index contributed by atoms with van der Waals surface area (Å²) in [6.07, 6.45) is 3.50. The van der Waals surface area contributed by atoms with Gasteiger partial charge in [-0.25, -0.2) is 13.4 Å². The molecule has 0 saturated carbocycles. The first-order chi connectivity index (χ1) is 16.6. The SMILES string of the molecule is CS(=O)(=O)n1ccc(C(=O)N[C@@H](COCCCC(=O)O)C(=O)Nc2nc(-c3ccccc3)cs2)c1. The molecule has 3 aromatic rings. The van der Waals surface area contributed by atoms with Crippen LogP contribution in [0.2, 0.25) is 0 Å². The number of hydrogen-bond donors (Lipinski definition) is 3. The molecule has 3 N–H and O–H groups in total. The molecule has 0 fully saturated rings. The molecular weight excluding hydrogens is 496 g/mol. The van der Waals surface area contributed by atoms with Gasteiger partial charge in [0.2, 0.25) is 10.0 Å². The van der Waals surface area contributed by atoms with Crippen LogP contribution in [0, 0.1) is 0 Å². The lowest BCUT2D eigenvalue weighted by Gasteiger charge is -2.17. The lowest BCUT2D eigenvalue weighted by Crippen LogP contribution is -2.46. The van der Waals surface area contributed by atoms with Gasteiger partial charge in [0.25, 0.3) is 11.8 Å². The van der Waals surface area contributed by atoms with Gasteiger partial charge in [-0.2, -0.15) is 0 Å². The van der Waals surface area contributed by atoms with E-state index in [1.807, 2.05) is 30.3 Å². The van der Waals surface area contributed by atoms with E-state index in [9.17, 15) is 22.8 Å². The summed E-state index contributed by atoms with van der Waals surface area (Å²) in [5.74, 6) is -2.23. The zero-order valence-corrected chi connectivity index (χ0v) is 20.3. The third-order valence-electron chi connectivity index (χ3n) is 4.70. The van der Waals surface area contributed by atoms with E-state index in [1.165, 1.54) is 23.6 Å². The van der Waals surface area contributed by atoms with Gasteiger partial charge in [-0.1, -0.05) is 30.3 Å². The van der Waals surface area contributed by atoms with Crippen molar-refractivity contribution in [3.63, 3.8) is 0 Å². The van der Waals surface area contributed by atoms with Crippen molar-refractivity contribution in [1.29, 1.82) is 0 Å². The molecule has 0 bridgehead atoms. The highest BCUT2D eigenvalue weighted by Gasteiger charge is 2.24. The summed E-state index contributed by atoms with van der Waals surface area (Å²) >= 11 is 1.21. The number of nitrogens with one attached hydrogen (secondary N) is 2. The highest BCUT2D eigenvalue weighted by atomic mass is 32.2. The van der Waals surface area contributed by atoms with Gasteiger partial charge in [0, 0.05) is 36.4 Å². The number of aliphatic carboxylic acids is 1. The number of carbonyl (C=O) groups excluding carboxylic acids is 2. The lowest BCUT2D eigenvalue weighted by molar-refractivity contribution is -0.137. The van der Waals surface area contributed by atoms with Crippen LogP contribution in [-0.4, -0.2) is 65.8 Å². The molecule has 0 radical (unpaired) electrons. The molecule has 0 aliphatic heterocycles. The van der Waals surface area contributed by atoms with E-state index in [4.69, 9.17) is 9.84 Å². The summed E-state index contributed by atoms with van der Waals surface area (Å²) in [7, 11) is -3.57. The summed E-state index contributed by atoms with van der Waals surface area (Å²) < 4.78 is 29.6. The predicted octanol–water partition coefficient (Wildman–Crippen LogP) is 2.04. The Morgan fingerprint density at radius 2 is 1.94 bits per heavy atom. The van der Waals surface area contributed by atoms with Crippen LogP contribution in [0.4, 0.5) is 5.13 Å². The van der Waals surface area contributed by atoms with Crippen molar-refractivity contribution in [3.05, 3.63) is 59.7 Å². The topological polar surface area (TPSA) is 157 Å². The van der Waals surface area contributed by atoms with Crippen LogP contribution >= 0.6 is 11.3 Å². The van der Waals surface area contributed by atoms with Gasteiger partial charge in [0.1, 0.15) is 6.04 Å². The van der Waals surface area contributed by atoms with Crippen LogP contribution < -0.4 is 10.6 Å². The zero-order chi connectivity index (χ0) is 25.4. The fourth-order valence-electron chi connectivity index (χ4n) is 2.93. The van der Waals surface area contributed by atoms with E-state index in [2.05, 4.69) is 15.6 Å². The van der Waals surface area contributed by atoms with Crippen LogP contribution in [-0.2, 0) is 24.3 Å². The standard InChI is InChI=1S/C22H24N4O7S2/c1-35(31,32)26-10-9-16(12-26)20(29)23-17(13-33-11-5-8-19(27)28)21(30)25-22-24-18(14-34-22)15-6-3-2-4-7-15/h2-4,6-7,9-10,12,14,17H,5,8,11,13H2,1H3,(H,23,29)(H,27,28)(H,24,25,30)/t17-/m0/s1. The fraction of sp³-hybridized carbons (Fsp3) is 0.273. The second kappa shape index (κ2) is 11.7. The molecule has 0 unspecified atom stereocenters. The van der Waals surface area contributed by atoms with Crippen molar-refractivity contribution in [2.24, 2.45) is 0 Å². The molecule has 2 aromatic heterocycles. The molecular formula is C22H24N4O7S2. The summed E-state index contributed by atoms with van der Waals surface area (Å²) in [6.45, 7) is -0.146. The second-order valence-corrected chi connectivity index (χ2v) is 10.2. The molecule has 1 atom stereocenters. The van der Waals surface area contributed by atoms with Crippen LogP contribution in [0.15, 0.2) is 54.2 Å². The van der Waals surface area contributed by atoms with Crippen molar-refractivity contribution >= 4 is 44.3 Å². The molecule has 11 nitrogen and oxygen atoms in total. The van der Waals surface area contributed by atoms with Gasteiger partial charge in [-0.15, -0.1) is 11.3 Å². The number of ether oxygens (including phenoxy) is 1. The van der Waals surface area contributed by atoms with E-state index in [0.717, 1.165) is 22.0 Å². The average molecular weight is 521 g/mol. The van der Waals surface area contributed by atoms with Crippen molar-refractivity contribution in [2.75, 3.05) is 24.8 Å². The highest BCUT2D eigenvalue weighted by Crippen LogP contribution is 2.24. The number of thiazole rings is 1. The smallest absolute Gasteiger partial charge is 0.303 e. The van der Waals surface area contributed by atoms with E-state index in [0.29, 0.717) is 10.8 Å². The second-order valence-electron chi connectivity index (χ2n) is 7.48. The Kier molecular flexibility index (Phi) is 8.73. The molecule has 2 heterocycles. The maximum atomic E-state index is 12.9. The number of rotatable bonds is 12. The van der Waals surface area contributed by atoms with Crippen LogP contribution in [0.3, 0.4) is 0 Å². The number of carbonyl (C=O) groups is 3. The minimum atomic E-state index is -3.57. The summed E-state index contributed by atoms with van der Waals surface area (Å²) in [4.78, 5) is 40.7. The molecule has 1 aromatic carbocycles. The number of carboxylic acid groups (broad SMARTS) is 1. The molecule has 0 saturated heterocycles. The number of carboxylic acids is 1. The molecule has 3 rings (SSSR count). The van der Waals surface area contributed by atoms with Crippen molar-refractivity contribution in [1.82, 2.24) is 14.3 Å². The fourth-order valence-corrected chi connectivity index (χ4v) is 4.24. The van der Waals surface area contributed by atoms with Gasteiger partial charge in [0.15, 0.2) is 5.13 Å². The molecule has 0 aliphatic rings. The van der Waals surface area contributed by atoms with Gasteiger partial charge in [-0.3, -0.25) is 18.4 Å². The van der Waals surface area contributed by atoms with E-state index in [-0.39, 0.29) is 31.6 Å². The van der Waals surface area contributed by atoms with E-state index >= 15 is 0 Å². The van der Waals surface area contributed by atoms with Crippen molar-refractivity contribution in [2.45, 2.75) is 18.9 Å². The third-order valence-corrected chi connectivity index (χ3v) is 6.45. The monoisotopic (exact) mass is 520 g/mol. The predicted molar refractivity (Wildman–Crippen MR) is 130 cm³/mol. The first-order valence-electron chi connectivity index (χ1n) is 10.4. The average Bonchev–Trinajstić information content (AvgIpc) is 3.48. The number of nitrogens with zero attached hydrogens (tertiary/aromatic N) is 2. The Morgan fingerprint density at radius 3 is 2.60 bits per heavy atom. The first kappa shape index (κ1) is 26.1. The number of hydrogen-bond acceptors (Lipinski definition) is 8. The van der Waals surface area contributed by atoms with Crippen LogP contribution in [0.25, 0.3) is 11.3 Å². The molecule has 0 spiro atoms. The quantitative estimate of drug-likeness (QED) is 0.306. The van der Waals surface area contributed by atoms with Gasteiger partial charge >= 0.3 is 5.97 Å². The Bertz CT molecular complexity index is 1290. The highest BCUT2D eigenvalue weighted by molar-refractivity contribution is 7.89. The summed E-state index contributed by atoms with van der Waals surface area (Å²) in [5.41, 5.74) is 1.60. The number of benzene rings is 1. The Balaban J connectivity index is 1.68. The Morgan fingerprint density at radius 1 is 1.20 bits per heavy atom. The number of aromatic nitrogens is 2. The molecule has 13 heteroatoms. The molecule has 186 valence electrons. The van der Waals surface area contributed by atoms with E-state index < -0.39 is 33.8 Å². The van der Waals surface area contributed by atoms with Crippen LogP contribution in [0.1, 0.15) is 23.2 Å². The summed E-state index contributed by atoms with van der Waals surface area (Å²) in [6, 6.07) is 9.57. The normalized spacial score (nSPS) is 12.1. The van der Waals surface area contributed by atoms with Gasteiger partial charge < -0.3 is 20.5 Å². The Hall–Kier alpha value is -3.55. The van der Waals surface area contributed by atoms with Crippen LogP contribution in [0.5, 0.6) is 0 Å². The first-order valence-corrected chi connectivity index (χ1v) is 13.2. The van der Waals surface area contributed by atoms with Gasteiger partial charge in [-0.05, 0) is 12.5 Å². The summed E-state index contributed by atoms with van der Waals surface area (Å²) in [5, 5.41) is 16.0. The van der Waals surface area contributed by atoms with Crippen molar-refractivity contribution < 1.29 is 32.6 Å². The zero-order valence-electron chi connectivity index (χ0n) is 18.7. The largest absolute Gasteiger partial charge is 0.481 e. The Labute approximate surface area is 205 Å². The number of anilines is 1.